The Hall–Kier alpha value is -2.09. The Morgan fingerprint density at radius 3 is 2.36 bits per heavy atom. The number of rotatable bonds is 8. The van der Waals surface area contributed by atoms with Crippen molar-refractivity contribution in [1.29, 1.82) is 0 Å². The molecule has 2 atom stereocenters. The molecule has 0 aromatic carbocycles. The third-order valence-corrected chi connectivity index (χ3v) is 2.32. The van der Waals surface area contributed by atoms with Crippen LogP contribution in [0.2, 0.25) is 0 Å². The predicted molar refractivity (Wildman–Crippen MR) is 79.4 cm³/mol. The average Bonchev–Trinajstić information content (AvgIpc) is 2.37. The summed E-state index contributed by atoms with van der Waals surface area (Å²) in [6.45, 7) is 9.88. The third kappa shape index (κ3) is 8.96. The molecule has 0 aromatic heterocycles. The third-order valence-electron chi connectivity index (χ3n) is 2.32. The van der Waals surface area contributed by atoms with Crippen molar-refractivity contribution in [3.05, 3.63) is 12.7 Å². The molecular weight excluding hydrogens is 292 g/mol. The monoisotopic (exact) mass is 316 g/mol. The van der Waals surface area contributed by atoms with Gasteiger partial charge in [-0.2, -0.15) is 0 Å². The predicted octanol–water partition coefficient (Wildman–Crippen LogP) is 0.672. The lowest BCUT2D eigenvalue weighted by Gasteiger charge is -2.29. The lowest BCUT2D eigenvalue weighted by Crippen LogP contribution is -2.52. The molecule has 0 radical (unpaired) electrons. The zero-order valence-corrected chi connectivity index (χ0v) is 13.3. The largest absolute Gasteiger partial charge is 0.480 e. The first-order valence-electron chi connectivity index (χ1n) is 6.78. The van der Waals surface area contributed by atoms with Crippen LogP contribution < -0.4 is 10.6 Å². The number of carboxylic acids is 1. The zero-order chi connectivity index (χ0) is 17.3. The van der Waals surface area contributed by atoms with Crippen LogP contribution >= 0.6 is 0 Å². The molecular formula is C14H24N2O6. The molecule has 0 unspecified atom stereocenters. The normalized spacial score (nSPS) is 13.6. The first-order valence-corrected chi connectivity index (χ1v) is 6.78. The van der Waals surface area contributed by atoms with Gasteiger partial charge in [-0.05, 0) is 27.7 Å². The van der Waals surface area contributed by atoms with E-state index < -0.39 is 42.3 Å². The second-order valence-corrected chi connectivity index (χ2v) is 5.56. The van der Waals surface area contributed by atoms with Gasteiger partial charge in [0.2, 0.25) is 5.91 Å². The van der Waals surface area contributed by atoms with E-state index in [1.807, 2.05) is 0 Å². The van der Waals surface area contributed by atoms with E-state index in [1.54, 1.807) is 27.7 Å². The minimum atomic E-state index is -1.22. The molecule has 0 spiro atoms. The Morgan fingerprint density at radius 2 is 1.91 bits per heavy atom. The van der Waals surface area contributed by atoms with Gasteiger partial charge < -0.3 is 25.2 Å². The van der Waals surface area contributed by atoms with Gasteiger partial charge in [-0.3, -0.25) is 4.79 Å². The molecule has 0 aliphatic rings. The topological polar surface area (TPSA) is 114 Å². The summed E-state index contributed by atoms with van der Waals surface area (Å²) in [5, 5.41) is 13.7. The number of alkyl carbamates (subject to hydrolysis) is 1. The summed E-state index contributed by atoms with van der Waals surface area (Å²) in [7, 11) is 0. The van der Waals surface area contributed by atoms with Crippen LogP contribution in [0.5, 0.6) is 0 Å². The first-order chi connectivity index (χ1) is 10.1. The second-order valence-electron chi connectivity index (χ2n) is 5.56. The highest BCUT2D eigenvalue weighted by Gasteiger charge is 2.30. The highest BCUT2D eigenvalue weighted by atomic mass is 16.5. The summed E-state index contributed by atoms with van der Waals surface area (Å²) in [6.07, 6.45) is -0.152. The molecule has 0 bridgehead atoms. The van der Waals surface area contributed by atoms with E-state index >= 15 is 0 Å². The van der Waals surface area contributed by atoms with Gasteiger partial charge in [0.15, 0.2) is 6.04 Å². The van der Waals surface area contributed by atoms with Crippen molar-refractivity contribution < 1.29 is 29.0 Å². The van der Waals surface area contributed by atoms with Crippen molar-refractivity contribution in [3.8, 4) is 0 Å². The van der Waals surface area contributed by atoms with E-state index in [-0.39, 0.29) is 6.61 Å². The summed E-state index contributed by atoms with van der Waals surface area (Å²) in [6, 6.07) is -1.22. The van der Waals surface area contributed by atoms with Crippen molar-refractivity contribution in [2.75, 3.05) is 13.2 Å². The second kappa shape index (κ2) is 9.04. The fourth-order valence-electron chi connectivity index (χ4n) is 1.57. The van der Waals surface area contributed by atoms with Crippen molar-refractivity contribution >= 4 is 18.0 Å². The Morgan fingerprint density at radius 1 is 1.32 bits per heavy atom. The summed E-state index contributed by atoms with van der Waals surface area (Å²) in [4.78, 5) is 34.1. The highest BCUT2D eigenvalue weighted by Crippen LogP contribution is 2.13. The van der Waals surface area contributed by atoms with Crippen LogP contribution in [0.1, 0.15) is 27.7 Å². The van der Waals surface area contributed by atoms with Crippen molar-refractivity contribution in [2.24, 2.45) is 0 Å². The molecule has 0 rings (SSSR count). The number of carbonyl (C=O) groups is 3. The van der Waals surface area contributed by atoms with E-state index in [0.29, 0.717) is 0 Å². The van der Waals surface area contributed by atoms with Crippen molar-refractivity contribution in [3.63, 3.8) is 0 Å². The van der Waals surface area contributed by atoms with Crippen LogP contribution in [-0.4, -0.2) is 54.0 Å². The molecule has 0 aliphatic heterocycles. The Labute approximate surface area is 129 Å². The average molecular weight is 316 g/mol. The molecule has 0 aliphatic carbocycles. The van der Waals surface area contributed by atoms with E-state index in [0.717, 1.165) is 0 Å². The van der Waals surface area contributed by atoms with Gasteiger partial charge in [-0.15, -0.1) is 0 Å². The van der Waals surface area contributed by atoms with Crippen LogP contribution in [0.4, 0.5) is 4.79 Å². The maximum atomic E-state index is 11.7. The number of hydrogen-bond acceptors (Lipinski definition) is 5. The molecule has 8 nitrogen and oxygen atoms in total. The standard InChI is InChI=1S/C14H24N2O6/c1-6-7-21-13(20)15-8-10(17)16-11(12(18)19)9(2)22-14(3,4)5/h6,9,11H,1,7-8H2,2-5H3,(H,15,20)(H,16,17)(H,18,19)/t9-,11+/m1/s1. The summed E-state index contributed by atoms with van der Waals surface area (Å²) in [5.74, 6) is -1.88. The molecule has 0 saturated carbocycles. The van der Waals surface area contributed by atoms with E-state index in [4.69, 9.17) is 9.84 Å². The number of carboxylic acid groups (broad SMARTS) is 1. The van der Waals surface area contributed by atoms with Crippen molar-refractivity contribution in [1.82, 2.24) is 10.6 Å². The molecule has 0 heterocycles. The smallest absolute Gasteiger partial charge is 0.407 e. The van der Waals surface area contributed by atoms with Gasteiger partial charge >= 0.3 is 12.1 Å². The lowest BCUT2D eigenvalue weighted by molar-refractivity contribution is -0.150. The van der Waals surface area contributed by atoms with Gasteiger partial charge in [0.25, 0.3) is 0 Å². The number of carbonyl (C=O) groups excluding carboxylic acids is 2. The maximum Gasteiger partial charge on any atom is 0.407 e. The number of hydrogen-bond donors (Lipinski definition) is 3. The minimum absolute atomic E-state index is 0.0155. The molecule has 126 valence electrons. The lowest BCUT2D eigenvalue weighted by atomic mass is 10.1. The van der Waals surface area contributed by atoms with Crippen LogP contribution in [-0.2, 0) is 19.1 Å². The number of amides is 2. The Kier molecular flexibility index (Phi) is 8.18. The van der Waals surface area contributed by atoms with Gasteiger partial charge in [0, 0.05) is 0 Å². The van der Waals surface area contributed by atoms with E-state index in [9.17, 15) is 14.4 Å². The fourth-order valence-corrected chi connectivity index (χ4v) is 1.57. The van der Waals surface area contributed by atoms with E-state index in [1.165, 1.54) is 6.08 Å². The minimum Gasteiger partial charge on any atom is -0.480 e. The molecule has 0 aromatic rings. The van der Waals surface area contributed by atoms with Crippen LogP contribution in [0.25, 0.3) is 0 Å². The molecule has 2 amide bonds. The van der Waals surface area contributed by atoms with Gasteiger partial charge in [0.1, 0.15) is 13.2 Å². The first kappa shape index (κ1) is 19.9. The number of nitrogens with one attached hydrogen (secondary N) is 2. The quantitative estimate of drug-likeness (QED) is 0.567. The zero-order valence-electron chi connectivity index (χ0n) is 13.3. The van der Waals surface area contributed by atoms with E-state index in [2.05, 4.69) is 21.9 Å². The highest BCUT2D eigenvalue weighted by molar-refractivity contribution is 5.86. The maximum absolute atomic E-state index is 11.7. The molecule has 0 saturated heterocycles. The molecule has 0 fully saturated rings. The molecule has 22 heavy (non-hydrogen) atoms. The number of ether oxygens (including phenoxy) is 2. The Bertz CT molecular complexity index is 416. The fraction of sp³-hybridized carbons (Fsp3) is 0.643. The molecule has 8 heteroatoms. The SMILES string of the molecule is C=CCOC(=O)NCC(=O)N[C@H](C(=O)O)[C@@H](C)OC(C)(C)C. The number of aliphatic carboxylic acids is 1. The van der Waals surface area contributed by atoms with Crippen molar-refractivity contribution in [2.45, 2.75) is 45.4 Å². The Balaban J connectivity index is 4.44. The van der Waals surface area contributed by atoms with Gasteiger partial charge in [-0.25, -0.2) is 9.59 Å². The van der Waals surface area contributed by atoms with Crippen LogP contribution in [0.3, 0.4) is 0 Å². The van der Waals surface area contributed by atoms with Crippen LogP contribution in [0, 0.1) is 0 Å². The van der Waals surface area contributed by atoms with Gasteiger partial charge in [-0.1, -0.05) is 12.7 Å². The molecule has 3 N–H and O–H groups in total. The van der Waals surface area contributed by atoms with Crippen LogP contribution in [0.15, 0.2) is 12.7 Å². The summed E-state index contributed by atoms with van der Waals surface area (Å²) >= 11 is 0. The van der Waals surface area contributed by atoms with Gasteiger partial charge in [0.05, 0.1) is 11.7 Å². The summed E-state index contributed by atoms with van der Waals surface area (Å²) < 4.78 is 10.1. The summed E-state index contributed by atoms with van der Waals surface area (Å²) in [5.41, 5.74) is -0.551.